The number of nitro benzene ring substituents is 1. The number of carboxylic acids is 1. The van der Waals surface area contributed by atoms with Crippen molar-refractivity contribution >= 4 is 23.1 Å². The fourth-order valence-electron chi connectivity index (χ4n) is 2.91. The number of nitrogens with zero attached hydrogens (tertiary/aromatic N) is 1. The molecule has 146 valence electrons. The van der Waals surface area contributed by atoms with Crippen LogP contribution in [0.5, 0.6) is 0 Å². The van der Waals surface area contributed by atoms with E-state index in [1.54, 1.807) is 12.1 Å². The molecule has 0 aromatic heterocycles. The lowest BCUT2D eigenvalue weighted by molar-refractivity contribution is -0.384. The Morgan fingerprint density at radius 2 is 1.45 bits per heavy atom. The highest BCUT2D eigenvalue weighted by Gasteiger charge is 2.18. The Kier molecular flexibility index (Phi) is 5.99. The normalized spacial score (nSPS) is 11.4. The molecule has 0 heterocycles. The summed E-state index contributed by atoms with van der Waals surface area (Å²) in [7, 11) is 0. The van der Waals surface area contributed by atoms with Crippen molar-refractivity contribution < 1.29 is 19.6 Å². The van der Waals surface area contributed by atoms with Crippen LogP contribution in [-0.2, 0) is 0 Å². The molecule has 3 rings (SSSR count). The Balaban J connectivity index is 1.81. The second-order valence-electron chi connectivity index (χ2n) is 6.40. The van der Waals surface area contributed by atoms with Gasteiger partial charge in [-0.25, -0.2) is 0 Å². The predicted molar refractivity (Wildman–Crippen MR) is 106 cm³/mol. The zero-order valence-corrected chi connectivity index (χ0v) is 15.3. The van der Waals surface area contributed by atoms with Crippen LogP contribution in [0, 0.1) is 10.1 Å². The van der Waals surface area contributed by atoms with Crippen LogP contribution in [0.2, 0.25) is 0 Å². The fourth-order valence-corrected chi connectivity index (χ4v) is 2.91. The molecule has 1 atom stereocenters. The minimum atomic E-state index is -1.26. The highest BCUT2D eigenvalue weighted by molar-refractivity contribution is 5.97. The largest absolute Gasteiger partial charge is 0.545 e. The molecule has 7 heteroatoms. The summed E-state index contributed by atoms with van der Waals surface area (Å²) < 4.78 is 0. The van der Waals surface area contributed by atoms with E-state index in [4.69, 9.17) is 0 Å². The maximum absolute atomic E-state index is 12.7. The van der Waals surface area contributed by atoms with Gasteiger partial charge in [-0.2, -0.15) is 0 Å². The number of benzene rings is 3. The summed E-state index contributed by atoms with van der Waals surface area (Å²) in [5.41, 5.74) is 1.90. The van der Waals surface area contributed by atoms with Crippen LogP contribution in [0.15, 0.2) is 78.9 Å². The predicted octanol–water partition coefficient (Wildman–Crippen LogP) is 3.38. The molecule has 0 spiro atoms. The molecule has 0 aliphatic carbocycles. The van der Waals surface area contributed by atoms with E-state index in [2.05, 4.69) is 5.32 Å². The van der Waals surface area contributed by atoms with Gasteiger partial charge >= 0.3 is 0 Å². The third-order valence-corrected chi connectivity index (χ3v) is 4.45. The molecule has 0 saturated carbocycles. The molecule has 0 aliphatic heterocycles. The van der Waals surface area contributed by atoms with E-state index in [0.29, 0.717) is 11.3 Å². The summed E-state index contributed by atoms with van der Waals surface area (Å²) >= 11 is 0. The van der Waals surface area contributed by atoms with Gasteiger partial charge in [0.2, 0.25) is 0 Å². The summed E-state index contributed by atoms with van der Waals surface area (Å²) in [6.07, 6.45) is 0.115. The number of nitro groups is 1. The highest BCUT2D eigenvalue weighted by atomic mass is 16.6. The lowest BCUT2D eigenvalue weighted by Crippen LogP contribution is -2.22. The zero-order valence-electron chi connectivity index (χ0n) is 15.3. The Morgan fingerprint density at radius 1 is 0.862 bits per heavy atom. The Bertz CT molecular complexity index is 1020. The van der Waals surface area contributed by atoms with E-state index in [1.807, 2.05) is 30.3 Å². The number of carbonyl (C=O) groups is 2. The quantitative estimate of drug-likeness (QED) is 0.359. The van der Waals surface area contributed by atoms with Gasteiger partial charge in [-0.3, -0.25) is 14.9 Å². The minimum absolute atomic E-state index is 0.0637. The number of carboxylic acid groups (broad SMARTS) is 1. The fraction of sp³-hybridized carbons (Fsp3) is 0.0909. The van der Waals surface area contributed by atoms with Gasteiger partial charge in [0.25, 0.3) is 5.69 Å². The van der Waals surface area contributed by atoms with Gasteiger partial charge in [0.15, 0.2) is 5.78 Å². The number of Topliss-reactive ketones (excluding diaryl/α,β-unsaturated/α-hetero) is 1. The minimum Gasteiger partial charge on any atom is -0.545 e. The summed E-state index contributed by atoms with van der Waals surface area (Å²) in [4.78, 5) is 33.9. The molecule has 0 radical (unpaired) electrons. The van der Waals surface area contributed by atoms with Crippen molar-refractivity contribution in [2.75, 3.05) is 5.32 Å². The average molecular weight is 389 g/mol. The standard InChI is InChI=1S/C22H18N2O5/c25-21(16-8-12-19(13-9-16)24(28)29)14-20(15-4-2-1-3-5-15)23-18-10-6-17(7-11-18)22(26)27/h1-13,20,23H,14H2,(H,26,27)/p-1/t20-/m1/s1. The summed E-state index contributed by atoms with van der Waals surface area (Å²) in [6.45, 7) is 0. The van der Waals surface area contributed by atoms with Gasteiger partial charge < -0.3 is 15.2 Å². The van der Waals surface area contributed by atoms with Gasteiger partial charge in [-0.15, -0.1) is 0 Å². The van der Waals surface area contributed by atoms with Crippen LogP contribution >= 0.6 is 0 Å². The van der Waals surface area contributed by atoms with Gasteiger partial charge in [0.05, 0.1) is 16.9 Å². The van der Waals surface area contributed by atoms with E-state index in [0.717, 1.165) is 5.56 Å². The van der Waals surface area contributed by atoms with E-state index in [-0.39, 0.29) is 29.5 Å². The number of rotatable bonds is 8. The molecule has 0 aliphatic rings. The van der Waals surface area contributed by atoms with Crippen molar-refractivity contribution in [3.63, 3.8) is 0 Å². The van der Waals surface area contributed by atoms with E-state index in [1.165, 1.54) is 36.4 Å². The molecule has 0 fully saturated rings. The molecule has 29 heavy (non-hydrogen) atoms. The maximum Gasteiger partial charge on any atom is 0.269 e. The van der Waals surface area contributed by atoms with Crippen molar-refractivity contribution in [1.82, 2.24) is 0 Å². The number of carbonyl (C=O) groups excluding carboxylic acids is 2. The second-order valence-corrected chi connectivity index (χ2v) is 6.40. The Morgan fingerprint density at radius 3 is 2.00 bits per heavy atom. The van der Waals surface area contributed by atoms with Crippen molar-refractivity contribution in [3.8, 4) is 0 Å². The highest BCUT2D eigenvalue weighted by Crippen LogP contribution is 2.25. The van der Waals surface area contributed by atoms with Crippen molar-refractivity contribution in [2.24, 2.45) is 0 Å². The van der Waals surface area contributed by atoms with Gasteiger partial charge in [0, 0.05) is 29.8 Å². The first-order valence-corrected chi connectivity index (χ1v) is 8.84. The summed E-state index contributed by atoms with van der Waals surface area (Å²) in [5, 5.41) is 24.9. The lowest BCUT2D eigenvalue weighted by atomic mass is 9.97. The van der Waals surface area contributed by atoms with Gasteiger partial charge in [-0.1, -0.05) is 42.5 Å². The number of non-ortho nitro benzene ring substituents is 1. The Hall–Kier alpha value is -4.00. The lowest BCUT2D eigenvalue weighted by Gasteiger charge is -2.20. The van der Waals surface area contributed by atoms with Crippen molar-refractivity contribution in [1.29, 1.82) is 0 Å². The molecule has 7 nitrogen and oxygen atoms in total. The maximum atomic E-state index is 12.7. The van der Waals surface area contributed by atoms with Crippen LogP contribution < -0.4 is 10.4 Å². The first-order valence-electron chi connectivity index (χ1n) is 8.84. The van der Waals surface area contributed by atoms with Gasteiger partial charge in [0.1, 0.15) is 0 Å². The smallest absolute Gasteiger partial charge is 0.269 e. The number of hydrogen-bond acceptors (Lipinski definition) is 6. The zero-order chi connectivity index (χ0) is 20.8. The molecule has 0 bridgehead atoms. The van der Waals surface area contributed by atoms with E-state index < -0.39 is 10.9 Å². The monoisotopic (exact) mass is 389 g/mol. The van der Waals surface area contributed by atoms with Crippen molar-refractivity contribution in [3.05, 3.63) is 106 Å². The number of hydrogen-bond donors (Lipinski definition) is 1. The summed E-state index contributed by atoms with van der Waals surface area (Å²) in [5.74, 6) is -1.43. The van der Waals surface area contributed by atoms with Crippen LogP contribution in [0.3, 0.4) is 0 Å². The molecule has 3 aromatic rings. The molecule has 3 aromatic carbocycles. The van der Waals surface area contributed by atoms with Crippen LogP contribution in [0.25, 0.3) is 0 Å². The van der Waals surface area contributed by atoms with Crippen LogP contribution in [0.4, 0.5) is 11.4 Å². The van der Waals surface area contributed by atoms with Crippen LogP contribution in [-0.4, -0.2) is 16.7 Å². The Labute approximate surface area is 166 Å². The summed E-state index contributed by atoms with van der Waals surface area (Å²) in [6, 6.07) is 20.6. The van der Waals surface area contributed by atoms with Gasteiger partial charge in [-0.05, 0) is 35.4 Å². The molecule has 1 N–H and O–H groups in total. The topological polar surface area (TPSA) is 112 Å². The van der Waals surface area contributed by atoms with Crippen molar-refractivity contribution in [2.45, 2.75) is 12.5 Å². The first kappa shape index (κ1) is 19.8. The molecule has 0 amide bonds. The van der Waals surface area contributed by atoms with E-state index in [9.17, 15) is 24.8 Å². The third-order valence-electron chi connectivity index (χ3n) is 4.45. The molecular formula is C22H17N2O5-. The average Bonchev–Trinajstić information content (AvgIpc) is 2.74. The van der Waals surface area contributed by atoms with Crippen LogP contribution in [0.1, 0.15) is 38.7 Å². The molecule has 0 saturated heterocycles. The second kappa shape index (κ2) is 8.79. The SMILES string of the molecule is O=C([O-])c1ccc(N[C@H](CC(=O)c2ccc([N+](=O)[O-])cc2)c2ccccc2)cc1. The first-order chi connectivity index (χ1) is 13.9. The number of aromatic carboxylic acids is 1. The molecule has 0 unspecified atom stereocenters. The number of nitrogens with one attached hydrogen (secondary N) is 1. The van der Waals surface area contributed by atoms with E-state index >= 15 is 0 Å². The number of ketones is 1. The molecular weight excluding hydrogens is 372 g/mol. The number of anilines is 1. The third kappa shape index (κ3) is 5.04.